The van der Waals surface area contributed by atoms with Crippen LogP contribution in [0.5, 0.6) is 0 Å². The summed E-state index contributed by atoms with van der Waals surface area (Å²) in [5.41, 5.74) is -0.375. The second-order valence-electron chi connectivity index (χ2n) is 8.25. The average Bonchev–Trinajstić information content (AvgIpc) is 2.45. The largest absolute Gasteiger partial charge is 0.465 e. The molecular weight excluding hydrogens is 358 g/mol. The minimum Gasteiger partial charge on any atom is -0.465 e. The van der Waals surface area contributed by atoms with E-state index in [1.807, 2.05) is 20.8 Å². The molecule has 3 rings (SSSR count). The van der Waals surface area contributed by atoms with Gasteiger partial charge < -0.3 is 10.0 Å². The van der Waals surface area contributed by atoms with E-state index in [2.05, 4.69) is 5.32 Å². The molecular formula is C19H22F2N2O4. The second-order valence-corrected chi connectivity index (χ2v) is 8.25. The Morgan fingerprint density at radius 2 is 1.81 bits per heavy atom. The fourth-order valence-corrected chi connectivity index (χ4v) is 4.18. The van der Waals surface area contributed by atoms with Gasteiger partial charge in [0, 0.05) is 30.5 Å². The summed E-state index contributed by atoms with van der Waals surface area (Å²) in [6, 6.07) is 1.96. The zero-order valence-electron chi connectivity index (χ0n) is 15.4. The highest BCUT2D eigenvalue weighted by molar-refractivity contribution is 6.01. The van der Waals surface area contributed by atoms with Crippen molar-refractivity contribution in [3.8, 4) is 0 Å². The summed E-state index contributed by atoms with van der Waals surface area (Å²) in [6.07, 6.45) is -0.981. The Bertz CT molecular complexity index is 795. The van der Waals surface area contributed by atoms with E-state index in [0.29, 0.717) is 5.56 Å². The molecule has 27 heavy (non-hydrogen) atoms. The van der Waals surface area contributed by atoms with Crippen molar-refractivity contribution in [2.75, 3.05) is 6.54 Å². The highest BCUT2D eigenvalue weighted by atomic mass is 19.1. The van der Waals surface area contributed by atoms with Gasteiger partial charge in [-0.2, -0.15) is 0 Å². The number of carboxylic acid groups (broad SMARTS) is 1. The Kier molecular flexibility index (Phi) is 4.69. The molecule has 3 atom stereocenters. The van der Waals surface area contributed by atoms with Crippen LogP contribution in [0.25, 0.3) is 0 Å². The number of nitrogens with one attached hydrogen (secondary N) is 1. The van der Waals surface area contributed by atoms with E-state index in [1.54, 1.807) is 0 Å². The van der Waals surface area contributed by atoms with E-state index in [9.17, 15) is 28.3 Å². The molecule has 1 aromatic carbocycles. The number of rotatable bonds is 2. The molecule has 3 unspecified atom stereocenters. The van der Waals surface area contributed by atoms with Gasteiger partial charge in [0.1, 0.15) is 11.6 Å². The van der Waals surface area contributed by atoms with Gasteiger partial charge in [-0.25, -0.2) is 13.6 Å². The lowest BCUT2D eigenvalue weighted by atomic mass is 9.69. The van der Waals surface area contributed by atoms with Gasteiger partial charge in [-0.05, 0) is 29.5 Å². The molecule has 2 fully saturated rings. The number of piperidine rings is 1. The summed E-state index contributed by atoms with van der Waals surface area (Å²) in [5.74, 6) is -4.23. The molecule has 0 aliphatic carbocycles. The molecule has 0 aromatic heterocycles. The highest BCUT2D eigenvalue weighted by Gasteiger charge is 2.49. The minimum atomic E-state index is -1.06. The Balaban J connectivity index is 1.92. The molecule has 0 bridgehead atoms. The number of amides is 3. The lowest BCUT2D eigenvalue weighted by Crippen LogP contribution is -2.62. The van der Waals surface area contributed by atoms with Crippen molar-refractivity contribution in [1.29, 1.82) is 0 Å². The minimum absolute atomic E-state index is 0.0271. The van der Waals surface area contributed by atoms with Crippen LogP contribution in [0.2, 0.25) is 0 Å². The van der Waals surface area contributed by atoms with Crippen molar-refractivity contribution in [3.63, 3.8) is 0 Å². The smallest absolute Gasteiger partial charge is 0.407 e. The van der Waals surface area contributed by atoms with Crippen LogP contribution in [0.1, 0.15) is 56.6 Å². The molecule has 6 nitrogen and oxygen atoms in total. The van der Waals surface area contributed by atoms with Crippen LogP contribution in [0, 0.1) is 17.0 Å². The van der Waals surface area contributed by atoms with E-state index < -0.39 is 46.9 Å². The Labute approximate surface area is 155 Å². The van der Waals surface area contributed by atoms with Crippen LogP contribution in [-0.2, 0) is 9.59 Å². The predicted molar refractivity (Wildman–Crippen MR) is 92.2 cm³/mol. The molecule has 2 N–H and O–H groups in total. The van der Waals surface area contributed by atoms with Crippen molar-refractivity contribution in [1.82, 2.24) is 10.2 Å². The molecule has 1 aromatic rings. The van der Waals surface area contributed by atoms with Gasteiger partial charge in [0.25, 0.3) is 0 Å². The van der Waals surface area contributed by atoms with Gasteiger partial charge in [0.15, 0.2) is 0 Å². The number of hydrogen-bond acceptors (Lipinski definition) is 3. The van der Waals surface area contributed by atoms with Gasteiger partial charge >= 0.3 is 6.09 Å². The van der Waals surface area contributed by atoms with Gasteiger partial charge in [-0.15, -0.1) is 0 Å². The standard InChI is InChI=1S/C19H22F2N2O4/c1-19(2,3)16-11(8-23(16)18(26)27)9-6-12(20)15(13(21)7-9)10-4-5-14(24)22-17(10)25/h6-7,10-11,16H,4-5,8H2,1-3H3,(H,26,27)(H,22,24,25). The number of hydrogen-bond donors (Lipinski definition) is 2. The summed E-state index contributed by atoms with van der Waals surface area (Å²) >= 11 is 0. The monoisotopic (exact) mass is 380 g/mol. The van der Waals surface area contributed by atoms with Gasteiger partial charge in [-0.1, -0.05) is 20.8 Å². The topological polar surface area (TPSA) is 86.7 Å². The summed E-state index contributed by atoms with van der Waals surface area (Å²) in [5, 5.41) is 11.4. The SMILES string of the molecule is CC(C)(C)C1C(c2cc(F)c(C3CCC(=O)NC3=O)c(F)c2)CN1C(=O)O. The van der Waals surface area contributed by atoms with Crippen LogP contribution in [-0.4, -0.2) is 40.5 Å². The van der Waals surface area contributed by atoms with E-state index in [0.717, 1.165) is 0 Å². The van der Waals surface area contributed by atoms with Gasteiger partial charge in [0.05, 0.1) is 5.92 Å². The molecule has 2 saturated heterocycles. The Hall–Kier alpha value is -2.51. The van der Waals surface area contributed by atoms with Crippen LogP contribution in [0.3, 0.4) is 0 Å². The molecule has 0 spiro atoms. The summed E-state index contributed by atoms with van der Waals surface area (Å²) in [4.78, 5) is 35.9. The zero-order chi connectivity index (χ0) is 20.1. The van der Waals surface area contributed by atoms with E-state index in [4.69, 9.17) is 0 Å². The normalized spacial score (nSPS) is 25.8. The third kappa shape index (κ3) is 3.40. The molecule has 2 aliphatic rings. The lowest BCUT2D eigenvalue weighted by molar-refractivity contribution is -0.134. The Morgan fingerprint density at radius 1 is 1.22 bits per heavy atom. The lowest BCUT2D eigenvalue weighted by Gasteiger charge is -2.53. The summed E-state index contributed by atoms with van der Waals surface area (Å²) < 4.78 is 29.5. The maximum Gasteiger partial charge on any atom is 0.407 e. The second kappa shape index (κ2) is 6.58. The maximum absolute atomic E-state index is 14.7. The number of nitrogens with zero attached hydrogens (tertiary/aromatic N) is 1. The fourth-order valence-electron chi connectivity index (χ4n) is 4.18. The summed E-state index contributed by atoms with van der Waals surface area (Å²) in [6.45, 7) is 5.80. The first-order valence-electron chi connectivity index (χ1n) is 8.82. The Morgan fingerprint density at radius 3 is 2.30 bits per heavy atom. The van der Waals surface area contributed by atoms with Gasteiger partial charge in [0.2, 0.25) is 11.8 Å². The maximum atomic E-state index is 14.7. The van der Waals surface area contributed by atoms with Crippen molar-refractivity contribution < 1.29 is 28.3 Å². The molecule has 2 heterocycles. The third-order valence-electron chi connectivity index (χ3n) is 5.36. The van der Waals surface area contributed by atoms with E-state index in [1.165, 1.54) is 17.0 Å². The zero-order valence-corrected chi connectivity index (χ0v) is 15.4. The third-order valence-corrected chi connectivity index (χ3v) is 5.36. The first-order valence-corrected chi connectivity index (χ1v) is 8.82. The van der Waals surface area contributed by atoms with Crippen molar-refractivity contribution in [2.24, 2.45) is 5.41 Å². The van der Waals surface area contributed by atoms with Crippen molar-refractivity contribution in [2.45, 2.75) is 51.5 Å². The number of carbonyl (C=O) groups is 3. The number of carbonyl (C=O) groups excluding carboxylic acids is 2. The number of benzene rings is 1. The van der Waals surface area contributed by atoms with Crippen LogP contribution >= 0.6 is 0 Å². The fraction of sp³-hybridized carbons (Fsp3) is 0.526. The number of imide groups is 1. The van der Waals surface area contributed by atoms with Crippen LogP contribution in [0.15, 0.2) is 12.1 Å². The predicted octanol–water partition coefficient (Wildman–Crippen LogP) is 2.98. The molecule has 0 radical (unpaired) electrons. The van der Waals surface area contributed by atoms with Crippen molar-refractivity contribution >= 4 is 17.9 Å². The number of likely N-dealkylation sites (tertiary alicyclic amines) is 1. The first-order chi connectivity index (χ1) is 12.5. The van der Waals surface area contributed by atoms with Crippen molar-refractivity contribution in [3.05, 3.63) is 34.9 Å². The summed E-state index contributed by atoms with van der Waals surface area (Å²) in [7, 11) is 0. The van der Waals surface area contributed by atoms with E-state index >= 15 is 0 Å². The molecule has 0 saturated carbocycles. The van der Waals surface area contributed by atoms with Crippen LogP contribution in [0.4, 0.5) is 13.6 Å². The first kappa shape index (κ1) is 19.3. The van der Waals surface area contributed by atoms with Gasteiger partial charge in [-0.3, -0.25) is 14.9 Å². The molecule has 2 aliphatic heterocycles. The highest BCUT2D eigenvalue weighted by Crippen LogP contribution is 2.45. The van der Waals surface area contributed by atoms with E-state index in [-0.39, 0.29) is 30.9 Å². The quantitative estimate of drug-likeness (QED) is 0.773. The average molecular weight is 380 g/mol. The number of halogens is 2. The van der Waals surface area contributed by atoms with Crippen LogP contribution < -0.4 is 5.32 Å². The molecule has 8 heteroatoms. The molecule has 3 amide bonds. The molecule has 146 valence electrons.